The van der Waals surface area contributed by atoms with E-state index in [9.17, 15) is 4.79 Å². The Morgan fingerprint density at radius 2 is 2.28 bits per heavy atom. The molecule has 1 aromatic rings. The third-order valence-corrected chi connectivity index (χ3v) is 3.51. The van der Waals surface area contributed by atoms with Crippen LogP contribution in [0.4, 0.5) is 0 Å². The van der Waals surface area contributed by atoms with Gasteiger partial charge in [-0.15, -0.1) is 0 Å². The molecule has 0 aliphatic heterocycles. The zero-order chi connectivity index (χ0) is 13.0. The SMILES string of the molecule is COc1cc(Br)ccc1C(=O)NC1CC=CCC1. The van der Waals surface area contributed by atoms with E-state index in [1.54, 1.807) is 19.2 Å². The van der Waals surface area contributed by atoms with Gasteiger partial charge in [-0.25, -0.2) is 0 Å². The maximum absolute atomic E-state index is 12.2. The van der Waals surface area contributed by atoms with Gasteiger partial charge in [0.2, 0.25) is 0 Å². The van der Waals surface area contributed by atoms with E-state index >= 15 is 0 Å². The first-order valence-electron chi connectivity index (χ1n) is 6.00. The fourth-order valence-corrected chi connectivity index (χ4v) is 2.38. The van der Waals surface area contributed by atoms with Gasteiger partial charge in [0.25, 0.3) is 5.91 Å². The largest absolute Gasteiger partial charge is 0.496 e. The van der Waals surface area contributed by atoms with Crippen LogP contribution in [0.5, 0.6) is 5.75 Å². The van der Waals surface area contributed by atoms with E-state index in [0.717, 1.165) is 23.7 Å². The van der Waals surface area contributed by atoms with Gasteiger partial charge in [0, 0.05) is 10.5 Å². The number of hydrogen-bond donors (Lipinski definition) is 1. The molecular weight excluding hydrogens is 294 g/mol. The molecule has 0 bridgehead atoms. The first-order chi connectivity index (χ1) is 8.70. The van der Waals surface area contributed by atoms with Crippen LogP contribution in [0.25, 0.3) is 0 Å². The lowest BCUT2D eigenvalue weighted by Gasteiger charge is -2.20. The Hall–Kier alpha value is -1.29. The summed E-state index contributed by atoms with van der Waals surface area (Å²) < 4.78 is 6.13. The van der Waals surface area contributed by atoms with E-state index < -0.39 is 0 Å². The fraction of sp³-hybridized carbons (Fsp3) is 0.357. The highest BCUT2D eigenvalue weighted by molar-refractivity contribution is 9.10. The molecule has 0 saturated heterocycles. The molecule has 1 unspecified atom stereocenters. The molecule has 3 nitrogen and oxygen atoms in total. The number of halogens is 1. The van der Waals surface area contributed by atoms with Gasteiger partial charge in [-0.1, -0.05) is 28.1 Å². The van der Waals surface area contributed by atoms with Crippen molar-refractivity contribution >= 4 is 21.8 Å². The minimum atomic E-state index is -0.0698. The molecule has 1 N–H and O–H groups in total. The summed E-state index contributed by atoms with van der Waals surface area (Å²) in [5.74, 6) is 0.521. The molecule has 0 spiro atoms. The molecule has 1 atom stereocenters. The minimum Gasteiger partial charge on any atom is -0.496 e. The predicted octanol–water partition coefficient (Wildman–Crippen LogP) is 3.30. The van der Waals surface area contributed by atoms with Crippen molar-refractivity contribution < 1.29 is 9.53 Å². The second kappa shape index (κ2) is 6.05. The first-order valence-corrected chi connectivity index (χ1v) is 6.79. The molecule has 96 valence electrons. The smallest absolute Gasteiger partial charge is 0.255 e. The number of carbonyl (C=O) groups is 1. The molecule has 1 aliphatic rings. The van der Waals surface area contributed by atoms with Crippen molar-refractivity contribution in [1.29, 1.82) is 0 Å². The lowest BCUT2D eigenvalue weighted by Crippen LogP contribution is -2.35. The fourth-order valence-electron chi connectivity index (χ4n) is 2.04. The van der Waals surface area contributed by atoms with Crippen molar-refractivity contribution in [3.05, 3.63) is 40.4 Å². The Labute approximate surface area is 115 Å². The molecule has 0 radical (unpaired) electrons. The highest BCUT2D eigenvalue weighted by Gasteiger charge is 2.17. The van der Waals surface area contributed by atoms with Crippen LogP contribution in [0.3, 0.4) is 0 Å². The van der Waals surface area contributed by atoms with E-state index in [-0.39, 0.29) is 11.9 Å². The van der Waals surface area contributed by atoms with Crippen LogP contribution in [-0.2, 0) is 0 Å². The van der Waals surface area contributed by atoms with E-state index in [1.165, 1.54) is 0 Å². The number of benzene rings is 1. The summed E-state index contributed by atoms with van der Waals surface area (Å²) in [5, 5.41) is 3.04. The number of carbonyl (C=O) groups excluding carboxylic acids is 1. The lowest BCUT2D eigenvalue weighted by atomic mass is 10.0. The maximum atomic E-state index is 12.2. The normalized spacial score (nSPS) is 18.4. The summed E-state index contributed by atoms with van der Waals surface area (Å²) in [5.41, 5.74) is 0.579. The minimum absolute atomic E-state index is 0.0698. The zero-order valence-electron chi connectivity index (χ0n) is 10.3. The third-order valence-electron chi connectivity index (χ3n) is 3.01. The lowest BCUT2D eigenvalue weighted by molar-refractivity contribution is 0.0931. The predicted molar refractivity (Wildman–Crippen MR) is 74.9 cm³/mol. The highest BCUT2D eigenvalue weighted by Crippen LogP contribution is 2.24. The summed E-state index contributed by atoms with van der Waals surface area (Å²) in [6.45, 7) is 0. The zero-order valence-corrected chi connectivity index (χ0v) is 11.9. The summed E-state index contributed by atoms with van der Waals surface area (Å²) in [4.78, 5) is 12.2. The molecule has 1 amide bonds. The Morgan fingerprint density at radius 3 is 2.94 bits per heavy atom. The van der Waals surface area contributed by atoms with Crippen molar-refractivity contribution in [3.63, 3.8) is 0 Å². The van der Waals surface area contributed by atoms with E-state index in [4.69, 9.17) is 4.74 Å². The van der Waals surface area contributed by atoms with Crippen LogP contribution in [0.15, 0.2) is 34.8 Å². The standard InChI is InChI=1S/C14H16BrNO2/c1-18-13-9-10(15)7-8-12(13)14(17)16-11-5-3-2-4-6-11/h2-3,7-9,11H,4-6H2,1H3,(H,16,17). The van der Waals surface area contributed by atoms with Crippen LogP contribution >= 0.6 is 15.9 Å². The van der Waals surface area contributed by atoms with Crippen molar-refractivity contribution in [2.45, 2.75) is 25.3 Å². The van der Waals surface area contributed by atoms with Crippen molar-refractivity contribution in [2.75, 3.05) is 7.11 Å². The van der Waals surface area contributed by atoms with Gasteiger partial charge in [-0.3, -0.25) is 4.79 Å². The van der Waals surface area contributed by atoms with Crippen LogP contribution in [0, 0.1) is 0 Å². The molecule has 0 aromatic heterocycles. The van der Waals surface area contributed by atoms with Crippen LogP contribution in [-0.4, -0.2) is 19.1 Å². The van der Waals surface area contributed by atoms with Crippen LogP contribution < -0.4 is 10.1 Å². The second-order valence-corrected chi connectivity index (χ2v) is 5.22. The van der Waals surface area contributed by atoms with E-state index in [2.05, 4.69) is 33.4 Å². The topological polar surface area (TPSA) is 38.3 Å². The molecular formula is C14H16BrNO2. The number of methoxy groups -OCH3 is 1. The molecule has 0 heterocycles. The monoisotopic (exact) mass is 309 g/mol. The van der Waals surface area contributed by atoms with Crippen molar-refractivity contribution in [2.24, 2.45) is 0 Å². The first kappa shape index (κ1) is 13.1. The Kier molecular flexibility index (Phi) is 4.42. The second-order valence-electron chi connectivity index (χ2n) is 4.30. The van der Waals surface area contributed by atoms with Gasteiger partial charge >= 0.3 is 0 Å². The molecule has 1 aliphatic carbocycles. The number of ether oxygens (including phenoxy) is 1. The molecule has 0 saturated carbocycles. The maximum Gasteiger partial charge on any atom is 0.255 e. The molecule has 1 aromatic carbocycles. The number of amides is 1. The summed E-state index contributed by atoms with van der Waals surface area (Å²) in [6.07, 6.45) is 7.21. The van der Waals surface area contributed by atoms with Gasteiger partial charge < -0.3 is 10.1 Å². The molecule has 2 rings (SSSR count). The number of allylic oxidation sites excluding steroid dienone is 1. The molecule has 0 fully saturated rings. The van der Waals surface area contributed by atoms with Crippen LogP contribution in [0.2, 0.25) is 0 Å². The third kappa shape index (κ3) is 3.13. The Bertz CT molecular complexity index is 471. The Balaban J connectivity index is 2.10. The highest BCUT2D eigenvalue weighted by atomic mass is 79.9. The van der Waals surface area contributed by atoms with E-state index in [0.29, 0.717) is 11.3 Å². The van der Waals surface area contributed by atoms with Crippen molar-refractivity contribution in [3.8, 4) is 5.75 Å². The van der Waals surface area contributed by atoms with Gasteiger partial charge in [0.15, 0.2) is 0 Å². The summed E-state index contributed by atoms with van der Waals surface area (Å²) in [7, 11) is 1.57. The summed E-state index contributed by atoms with van der Waals surface area (Å²) >= 11 is 3.36. The average Bonchev–Trinajstić information content (AvgIpc) is 2.39. The van der Waals surface area contributed by atoms with Gasteiger partial charge in [0.05, 0.1) is 12.7 Å². The molecule has 4 heteroatoms. The number of nitrogens with one attached hydrogen (secondary N) is 1. The van der Waals surface area contributed by atoms with Crippen molar-refractivity contribution in [1.82, 2.24) is 5.32 Å². The van der Waals surface area contributed by atoms with Gasteiger partial charge in [0.1, 0.15) is 5.75 Å². The van der Waals surface area contributed by atoms with Crippen LogP contribution in [0.1, 0.15) is 29.6 Å². The quantitative estimate of drug-likeness (QED) is 0.870. The Morgan fingerprint density at radius 1 is 1.44 bits per heavy atom. The van der Waals surface area contributed by atoms with Gasteiger partial charge in [-0.2, -0.15) is 0 Å². The van der Waals surface area contributed by atoms with Gasteiger partial charge in [-0.05, 0) is 37.5 Å². The average molecular weight is 310 g/mol. The summed E-state index contributed by atoms with van der Waals surface area (Å²) in [6, 6.07) is 5.65. The number of rotatable bonds is 3. The molecule has 18 heavy (non-hydrogen) atoms. The van der Waals surface area contributed by atoms with E-state index in [1.807, 2.05) is 6.07 Å². The number of hydrogen-bond acceptors (Lipinski definition) is 2.